The van der Waals surface area contributed by atoms with Crippen LogP contribution >= 0.6 is 11.5 Å². The molecular formula is C19H17N3OS. The predicted octanol–water partition coefficient (Wildman–Crippen LogP) is 4.84. The summed E-state index contributed by atoms with van der Waals surface area (Å²) in [6.07, 6.45) is 0.0251. The molecule has 0 amide bonds. The van der Waals surface area contributed by atoms with Crippen molar-refractivity contribution in [2.45, 2.75) is 26.9 Å². The fraction of sp³-hybridized carbons (Fsp3) is 0.211. The highest BCUT2D eigenvalue weighted by Crippen LogP contribution is 2.30. The molecule has 120 valence electrons. The van der Waals surface area contributed by atoms with Gasteiger partial charge in [-0.05, 0) is 56.1 Å². The van der Waals surface area contributed by atoms with Gasteiger partial charge in [0.1, 0.15) is 16.8 Å². The summed E-state index contributed by atoms with van der Waals surface area (Å²) in [6, 6.07) is 15.8. The highest BCUT2D eigenvalue weighted by Gasteiger charge is 2.13. The van der Waals surface area contributed by atoms with Gasteiger partial charge in [0.25, 0.3) is 0 Å². The Morgan fingerprint density at radius 2 is 1.96 bits per heavy atom. The summed E-state index contributed by atoms with van der Waals surface area (Å²) in [5.41, 5.74) is 3.55. The molecule has 3 aromatic rings. The van der Waals surface area contributed by atoms with Crippen LogP contribution in [0, 0.1) is 18.3 Å². The molecule has 1 aromatic heterocycles. The van der Waals surface area contributed by atoms with E-state index in [-0.39, 0.29) is 6.10 Å². The standard InChI is InChI=1S/C19H17N3OS/c1-12(2)23-17-9-8-14(10-15(17)11-20)19-21-18(22-24-19)16-7-5-4-6-13(16)3/h4-10,12H,1-3H3. The number of hydrogen-bond acceptors (Lipinski definition) is 5. The van der Waals surface area contributed by atoms with Crippen LogP contribution < -0.4 is 4.74 Å². The number of ether oxygens (including phenoxy) is 1. The molecule has 0 radical (unpaired) electrons. The third-order valence-electron chi connectivity index (χ3n) is 3.52. The number of nitriles is 1. The van der Waals surface area contributed by atoms with Crippen molar-refractivity contribution in [1.82, 2.24) is 9.36 Å². The monoisotopic (exact) mass is 335 g/mol. The molecule has 0 atom stereocenters. The van der Waals surface area contributed by atoms with E-state index < -0.39 is 0 Å². The van der Waals surface area contributed by atoms with Crippen molar-refractivity contribution < 1.29 is 4.74 Å². The first-order chi connectivity index (χ1) is 11.6. The molecule has 0 aliphatic carbocycles. The van der Waals surface area contributed by atoms with Gasteiger partial charge in [-0.1, -0.05) is 24.3 Å². The molecule has 0 saturated heterocycles. The third-order valence-corrected chi connectivity index (χ3v) is 4.29. The lowest BCUT2D eigenvalue weighted by atomic mass is 10.1. The Morgan fingerprint density at radius 1 is 1.17 bits per heavy atom. The van der Waals surface area contributed by atoms with Gasteiger partial charge in [-0.15, -0.1) is 0 Å². The summed E-state index contributed by atoms with van der Waals surface area (Å²) in [4.78, 5) is 4.63. The van der Waals surface area contributed by atoms with Crippen LogP contribution in [0.4, 0.5) is 0 Å². The molecule has 0 N–H and O–H groups in total. The molecule has 0 saturated carbocycles. The van der Waals surface area contributed by atoms with Gasteiger partial charge < -0.3 is 4.74 Å². The second-order valence-electron chi connectivity index (χ2n) is 5.73. The van der Waals surface area contributed by atoms with Crippen molar-refractivity contribution >= 4 is 11.5 Å². The Balaban J connectivity index is 1.96. The Morgan fingerprint density at radius 3 is 2.67 bits per heavy atom. The van der Waals surface area contributed by atoms with E-state index in [0.717, 1.165) is 21.7 Å². The topological polar surface area (TPSA) is 58.8 Å². The SMILES string of the molecule is Cc1ccccc1-c1nsc(-c2ccc(OC(C)C)c(C#N)c2)n1. The second-order valence-corrected chi connectivity index (χ2v) is 6.48. The fourth-order valence-corrected chi connectivity index (χ4v) is 3.05. The molecule has 3 rings (SSSR count). The van der Waals surface area contributed by atoms with Gasteiger partial charge in [0.05, 0.1) is 11.7 Å². The minimum absolute atomic E-state index is 0.0251. The zero-order valence-electron chi connectivity index (χ0n) is 13.8. The summed E-state index contributed by atoms with van der Waals surface area (Å²) < 4.78 is 10.1. The van der Waals surface area contributed by atoms with Crippen molar-refractivity contribution in [1.29, 1.82) is 5.26 Å². The maximum Gasteiger partial charge on any atom is 0.173 e. The van der Waals surface area contributed by atoms with Gasteiger partial charge in [-0.3, -0.25) is 0 Å². The van der Waals surface area contributed by atoms with E-state index in [0.29, 0.717) is 17.1 Å². The lowest BCUT2D eigenvalue weighted by Gasteiger charge is -2.11. The summed E-state index contributed by atoms with van der Waals surface area (Å²) in [5, 5.41) is 10.2. The first-order valence-corrected chi connectivity index (χ1v) is 8.46. The average Bonchev–Trinajstić information content (AvgIpc) is 3.05. The summed E-state index contributed by atoms with van der Waals surface area (Å²) in [7, 11) is 0. The molecular weight excluding hydrogens is 318 g/mol. The van der Waals surface area contributed by atoms with Crippen LogP contribution in [0.15, 0.2) is 42.5 Å². The molecule has 24 heavy (non-hydrogen) atoms. The molecule has 0 aliphatic heterocycles. The van der Waals surface area contributed by atoms with E-state index in [1.807, 2.05) is 57.2 Å². The van der Waals surface area contributed by atoms with Crippen molar-refractivity contribution in [2.75, 3.05) is 0 Å². The summed E-state index contributed by atoms with van der Waals surface area (Å²) in [5.74, 6) is 1.31. The Kier molecular flexibility index (Phi) is 4.59. The number of aryl methyl sites for hydroxylation is 1. The quantitative estimate of drug-likeness (QED) is 0.684. The van der Waals surface area contributed by atoms with Crippen LogP contribution in [0.3, 0.4) is 0 Å². The molecule has 4 nitrogen and oxygen atoms in total. The normalized spacial score (nSPS) is 10.6. The van der Waals surface area contributed by atoms with Crippen LogP contribution in [-0.2, 0) is 0 Å². The zero-order valence-corrected chi connectivity index (χ0v) is 14.6. The summed E-state index contributed by atoms with van der Waals surface area (Å²) in [6.45, 7) is 5.92. The molecule has 0 bridgehead atoms. The second kappa shape index (κ2) is 6.81. The number of nitrogens with zero attached hydrogens (tertiary/aromatic N) is 3. The molecule has 0 aliphatic rings. The maximum absolute atomic E-state index is 9.36. The number of rotatable bonds is 4. The molecule has 5 heteroatoms. The van der Waals surface area contributed by atoms with E-state index in [2.05, 4.69) is 15.4 Å². The first kappa shape index (κ1) is 16.2. The molecule has 1 heterocycles. The van der Waals surface area contributed by atoms with Gasteiger partial charge >= 0.3 is 0 Å². The van der Waals surface area contributed by atoms with Gasteiger partial charge in [-0.2, -0.15) is 9.64 Å². The molecule has 0 spiro atoms. The lowest BCUT2D eigenvalue weighted by molar-refractivity contribution is 0.242. The van der Waals surface area contributed by atoms with Crippen molar-refractivity contribution in [3.8, 4) is 33.8 Å². The van der Waals surface area contributed by atoms with Gasteiger partial charge in [0.2, 0.25) is 0 Å². The highest BCUT2D eigenvalue weighted by molar-refractivity contribution is 7.09. The molecule has 0 fully saturated rings. The van der Waals surface area contributed by atoms with E-state index in [1.54, 1.807) is 6.07 Å². The lowest BCUT2D eigenvalue weighted by Crippen LogP contribution is -2.06. The van der Waals surface area contributed by atoms with E-state index in [9.17, 15) is 5.26 Å². The van der Waals surface area contributed by atoms with Crippen LogP contribution in [-0.4, -0.2) is 15.5 Å². The van der Waals surface area contributed by atoms with E-state index in [4.69, 9.17) is 4.74 Å². The van der Waals surface area contributed by atoms with Crippen molar-refractivity contribution in [3.63, 3.8) is 0 Å². The number of hydrogen-bond donors (Lipinski definition) is 0. The first-order valence-electron chi connectivity index (χ1n) is 7.69. The Labute approximate surface area is 145 Å². The Hall–Kier alpha value is -2.71. The minimum atomic E-state index is 0.0251. The average molecular weight is 335 g/mol. The van der Waals surface area contributed by atoms with Crippen LogP contribution in [0.1, 0.15) is 25.0 Å². The van der Waals surface area contributed by atoms with Crippen LogP contribution in [0.2, 0.25) is 0 Å². The number of aromatic nitrogens is 2. The fourth-order valence-electron chi connectivity index (χ4n) is 2.38. The molecule has 0 unspecified atom stereocenters. The maximum atomic E-state index is 9.36. The zero-order chi connectivity index (χ0) is 17.1. The Bertz CT molecular complexity index is 909. The predicted molar refractivity (Wildman–Crippen MR) is 96.0 cm³/mol. The van der Waals surface area contributed by atoms with Crippen LogP contribution in [0.5, 0.6) is 5.75 Å². The van der Waals surface area contributed by atoms with E-state index >= 15 is 0 Å². The molecule has 2 aromatic carbocycles. The van der Waals surface area contributed by atoms with Gasteiger partial charge in [0, 0.05) is 11.1 Å². The van der Waals surface area contributed by atoms with Gasteiger partial charge in [0.15, 0.2) is 5.82 Å². The van der Waals surface area contributed by atoms with Crippen molar-refractivity contribution in [2.24, 2.45) is 0 Å². The highest BCUT2D eigenvalue weighted by atomic mass is 32.1. The van der Waals surface area contributed by atoms with Crippen LogP contribution in [0.25, 0.3) is 22.0 Å². The third kappa shape index (κ3) is 3.29. The minimum Gasteiger partial charge on any atom is -0.490 e. The smallest absolute Gasteiger partial charge is 0.173 e. The largest absolute Gasteiger partial charge is 0.490 e. The number of benzene rings is 2. The van der Waals surface area contributed by atoms with Gasteiger partial charge in [-0.25, -0.2) is 4.98 Å². The van der Waals surface area contributed by atoms with E-state index in [1.165, 1.54) is 11.5 Å². The van der Waals surface area contributed by atoms with Crippen molar-refractivity contribution in [3.05, 3.63) is 53.6 Å². The summed E-state index contributed by atoms with van der Waals surface area (Å²) >= 11 is 1.33.